The number of nitrogens with zero attached hydrogens (tertiary/aromatic N) is 8. The summed E-state index contributed by atoms with van der Waals surface area (Å²) in [5, 5.41) is 48.1. The Hall–Kier alpha value is -6.97. The van der Waals surface area contributed by atoms with Gasteiger partial charge in [0, 0.05) is 67.2 Å². The first-order valence-corrected chi connectivity index (χ1v) is 20.3. The minimum atomic E-state index is -0.334. The molecule has 2 amide bonds. The van der Waals surface area contributed by atoms with Crippen LogP contribution in [0.25, 0.3) is 40.1 Å². The van der Waals surface area contributed by atoms with E-state index in [1.807, 2.05) is 110 Å². The molecule has 3 aromatic heterocycles. The Kier molecular flexibility index (Phi) is 11.3. The molecule has 0 radical (unpaired) electrons. The van der Waals surface area contributed by atoms with Gasteiger partial charge < -0.3 is 25.5 Å². The molecule has 0 aliphatic carbocycles. The highest BCUT2D eigenvalue weighted by Gasteiger charge is 2.26. The molecule has 8 rings (SSSR count). The molecular weight excluding hydrogens is 779 g/mol. The van der Waals surface area contributed by atoms with E-state index in [0.717, 1.165) is 26.4 Å². The van der Waals surface area contributed by atoms with Crippen molar-refractivity contribution in [3.63, 3.8) is 0 Å². The van der Waals surface area contributed by atoms with Gasteiger partial charge in [0.05, 0.1) is 33.7 Å². The molecule has 304 valence electrons. The van der Waals surface area contributed by atoms with E-state index in [9.17, 15) is 24.9 Å². The highest BCUT2D eigenvalue weighted by Crippen LogP contribution is 2.39. The number of carbonyl (C=O) groups excluding carboxylic acids is 2. The first-order chi connectivity index (χ1) is 29.1. The van der Waals surface area contributed by atoms with Gasteiger partial charge in [-0.2, -0.15) is 9.78 Å². The standard InChI is InChI=1S/C45H43N9O5S/c1-28(2)35-25-36(40(56)26-39(35)55)42-48-49-44(58)53(42)31-14-11-29(12-15-31)27-51-20-22-52(23-21-51)45(59)54-38-24-32(60-41-10-5-4-9-34(41)43(57)46-3)16-17-33(38)37(50-54)18-13-30-8-6-7-19-47-30/h4-19,24-26,28,55-56H,20-23,27H2,1-3H3,(H,46,57)(H,49,58). The van der Waals surface area contributed by atoms with E-state index in [0.29, 0.717) is 66.3 Å². The van der Waals surface area contributed by atoms with Crippen molar-refractivity contribution in [3.05, 3.63) is 131 Å². The van der Waals surface area contributed by atoms with E-state index >= 15 is 0 Å². The van der Waals surface area contributed by atoms with Gasteiger partial charge in [-0.3, -0.25) is 14.7 Å². The number of rotatable bonds is 10. The lowest BCUT2D eigenvalue weighted by molar-refractivity contribution is 0.0960. The van der Waals surface area contributed by atoms with E-state index in [4.69, 9.17) is 5.10 Å². The average Bonchev–Trinajstić information content (AvgIpc) is 3.83. The molecule has 0 unspecified atom stereocenters. The summed E-state index contributed by atoms with van der Waals surface area (Å²) in [6, 6.07) is 29.0. The zero-order valence-corrected chi connectivity index (χ0v) is 34.0. The summed E-state index contributed by atoms with van der Waals surface area (Å²) in [7, 11) is 1.61. The minimum absolute atomic E-state index is 0.0119. The highest BCUT2D eigenvalue weighted by molar-refractivity contribution is 7.99. The van der Waals surface area contributed by atoms with Crippen molar-refractivity contribution in [2.24, 2.45) is 0 Å². The smallest absolute Gasteiger partial charge is 0.345 e. The summed E-state index contributed by atoms with van der Waals surface area (Å²) >= 11 is 1.45. The molecule has 0 atom stereocenters. The number of phenolic OH excluding ortho intramolecular Hbond substituents is 2. The number of fused-ring (bicyclic) bond motifs is 1. The lowest BCUT2D eigenvalue weighted by atomic mass is 9.98. The van der Waals surface area contributed by atoms with Gasteiger partial charge in [0.15, 0.2) is 5.82 Å². The number of nitrogens with one attached hydrogen (secondary N) is 1. The predicted octanol–water partition coefficient (Wildman–Crippen LogP) is 7.39. The molecule has 1 saturated heterocycles. The molecule has 0 saturated carbocycles. The molecule has 4 N–H and O–H groups in total. The van der Waals surface area contributed by atoms with Crippen LogP contribution in [0.3, 0.4) is 0 Å². The monoisotopic (exact) mass is 821 g/mol. The minimum Gasteiger partial charge on any atom is -0.508 e. The van der Waals surface area contributed by atoms with Crippen LogP contribution in [-0.4, -0.2) is 99.8 Å². The molecule has 15 heteroatoms. The number of hydrogen-bond acceptors (Lipinski definition) is 11. The van der Waals surface area contributed by atoms with Crippen molar-refractivity contribution >= 4 is 46.8 Å². The van der Waals surface area contributed by atoms with Gasteiger partial charge in [0.1, 0.15) is 11.5 Å². The van der Waals surface area contributed by atoms with Crippen molar-refractivity contribution in [2.45, 2.75) is 36.1 Å². The Morgan fingerprint density at radius 1 is 0.850 bits per heavy atom. The molecule has 1 fully saturated rings. The molecule has 4 aromatic carbocycles. The van der Waals surface area contributed by atoms with Crippen LogP contribution >= 0.6 is 11.8 Å². The van der Waals surface area contributed by atoms with Gasteiger partial charge in [0.2, 0.25) is 0 Å². The van der Waals surface area contributed by atoms with Crippen molar-refractivity contribution in [1.82, 2.24) is 44.6 Å². The number of phenols is 2. The SMILES string of the molecule is CNC(=O)c1ccccc1Sc1ccc2c(C=Cc3ccccn3)nn(C(=O)N3CCN(Cc4ccc(-n5c(O)nnc5-c5cc(C(C)C)c(O)cc5O)cc4)CC3)c2c1. The first-order valence-electron chi connectivity index (χ1n) is 19.5. The van der Waals surface area contributed by atoms with E-state index in [1.165, 1.54) is 27.1 Å². The van der Waals surface area contributed by atoms with Crippen molar-refractivity contribution in [3.8, 4) is 34.6 Å². The van der Waals surface area contributed by atoms with Crippen molar-refractivity contribution < 1.29 is 24.9 Å². The van der Waals surface area contributed by atoms with Gasteiger partial charge >= 0.3 is 12.0 Å². The third-order valence-electron chi connectivity index (χ3n) is 10.4. The third-order valence-corrected chi connectivity index (χ3v) is 11.5. The van der Waals surface area contributed by atoms with E-state index < -0.39 is 0 Å². The molecule has 0 bridgehead atoms. The summed E-state index contributed by atoms with van der Waals surface area (Å²) in [5.41, 5.74) is 5.25. The summed E-state index contributed by atoms with van der Waals surface area (Å²) in [6.07, 6.45) is 5.47. The van der Waals surface area contributed by atoms with Gasteiger partial charge in [-0.15, -0.1) is 5.10 Å². The topological polar surface area (TPSA) is 175 Å². The van der Waals surface area contributed by atoms with E-state index in [-0.39, 0.29) is 41.2 Å². The molecule has 0 spiro atoms. The number of piperazine rings is 1. The van der Waals surface area contributed by atoms with Gasteiger partial charge in [-0.1, -0.05) is 61.0 Å². The van der Waals surface area contributed by atoms with Gasteiger partial charge in [-0.25, -0.2) is 9.36 Å². The van der Waals surface area contributed by atoms with Crippen LogP contribution in [0.1, 0.15) is 52.6 Å². The largest absolute Gasteiger partial charge is 0.508 e. The van der Waals surface area contributed by atoms with E-state index in [1.54, 1.807) is 25.4 Å². The van der Waals surface area contributed by atoms with Crippen molar-refractivity contribution in [2.75, 3.05) is 33.2 Å². The van der Waals surface area contributed by atoms with Crippen LogP contribution in [-0.2, 0) is 6.54 Å². The van der Waals surface area contributed by atoms with Crippen LogP contribution in [0.15, 0.2) is 113 Å². The van der Waals surface area contributed by atoms with Crippen LogP contribution in [0.4, 0.5) is 4.79 Å². The molecule has 1 aliphatic rings. The predicted molar refractivity (Wildman–Crippen MR) is 230 cm³/mol. The quantitative estimate of drug-likeness (QED) is 0.108. The molecule has 4 heterocycles. The van der Waals surface area contributed by atoms with Crippen LogP contribution < -0.4 is 5.32 Å². The second kappa shape index (κ2) is 17.1. The number of pyridine rings is 1. The Labute approximate surface area is 350 Å². The Morgan fingerprint density at radius 2 is 1.62 bits per heavy atom. The van der Waals surface area contributed by atoms with Gasteiger partial charge in [0.25, 0.3) is 5.91 Å². The van der Waals surface area contributed by atoms with E-state index in [2.05, 4.69) is 25.4 Å². The fourth-order valence-electron chi connectivity index (χ4n) is 7.26. The maximum Gasteiger partial charge on any atom is 0.345 e. The first kappa shape index (κ1) is 39.8. The van der Waals surface area contributed by atoms with Crippen LogP contribution in [0, 0.1) is 0 Å². The number of amides is 2. The highest BCUT2D eigenvalue weighted by atomic mass is 32.2. The normalized spacial score (nSPS) is 13.4. The molecular formula is C45H43N9O5S. The second-order valence-corrected chi connectivity index (χ2v) is 15.8. The van der Waals surface area contributed by atoms with Crippen LogP contribution in [0.2, 0.25) is 0 Å². The van der Waals surface area contributed by atoms with Gasteiger partial charge in [-0.05, 0) is 89.9 Å². The summed E-state index contributed by atoms with van der Waals surface area (Å²) < 4.78 is 2.93. The third kappa shape index (κ3) is 8.17. The summed E-state index contributed by atoms with van der Waals surface area (Å²) in [4.78, 5) is 37.0. The fourth-order valence-corrected chi connectivity index (χ4v) is 8.24. The Balaban J connectivity index is 0.988. The number of aromatic hydroxyl groups is 3. The lowest BCUT2D eigenvalue weighted by Gasteiger charge is -2.34. The Morgan fingerprint density at radius 3 is 2.35 bits per heavy atom. The number of benzene rings is 4. The maximum absolute atomic E-state index is 14.3. The molecule has 7 aromatic rings. The zero-order valence-electron chi connectivity index (χ0n) is 33.2. The fraction of sp³-hybridized carbons (Fsp3) is 0.200. The summed E-state index contributed by atoms with van der Waals surface area (Å²) in [6.45, 7) is 6.80. The maximum atomic E-state index is 14.3. The van der Waals surface area contributed by atoms with Crippen molar-refractivity contribution in [1.29, 1.82) is 0 Å². The number of carbonyl (C=O) groups is 2. The second-order valence-electron chi connectivity index (χ2n) is 14.7. The zero-order chi connectivity index (χ0) is 41.9. The number of aromatic nitrogens is 6. The summed E-state index contributed by atoms with van der Waals surface area (Å²) in [5.74, 6) is -0.141. The average molecular weight is 822 g/mol. The Bertz CT molecular complexity index is 2720. The molecule has 1 aliphatic heterocycles. The molecule has 14 nitrogen and oxygen atoms in total. The number of hydrogen-bond donors (Lipinski definition) is 4. The molecule has 60 heavy (non-hydrogen) atoms. The lowest BCUT2D eigenvalue weighted by Crippen LogP contribution is -2.49. The van der Waals surface area contributed by atoms with Crippen LogP contribution in [0.5, 0.6) is 17.5 Å².